The molecule has 10 nitrogen and oxygen atoms in total. The van der Waals surface area contributed by atoms with Gasteiger partial charge in [0.25, 0.3) is 5.91 Å². The van der Waals surface area contributed by atoms with Crippen molar-refractivity contribution in [3.8, 4) is 23.3 Å². The Morgan fingerprint density at radius 3 is 2.39 bits per heavy atom. The quantitative estimate of drug-likeness (QED) is 0.381. The number of carbonyl (C=O) groups excluding carboxylic acids is 1. The fourth-order valence-corrected chi connectivity index (χ4v) is 4.83. The Morgan fingerprint density at radius 2 is 1.81 bits per heavy atom. The summed E-state index contributed by atoms with van der Waals surface area (Å²) >= 11 is 6.20. The van der Waals surface area contributed by atoms with Crippen LogP contribution in [0.2, 0.25) is 5.02 Å². The van der Waals surface area contributed by atoms with Gasteiger partial charge in [-0.2, -0.15) is 10.1 Å². The van der Waals surface area contributed by atoms with E-state index in [1.165, 1.54) is 14.2 Å². The molecule has 1 aliphatic heterocycles. The van der Waals surface area contributed by atoms with Gasteiger partial charge in [-0.3, -0.25) is 14.4 Å². The minimum atomic E-state index is -0.451. The number of imidazole rings is 1. The lowest BCUT2D eigenvalue weighted by Crippen LogP contribution is -2.32. The maximum atomic E-state index is 14.0. The van der Waals surface area contributed by atoms with E-state index in [0.717, 1.165) is 17.0 Å². The van der Waals surface area contributed by atoms with E-state index in [0.29, 0.717) is 33.8 Å². The number of methoxy groups -OCH3 is 2. The molecule has 4 heterocycles. The maximum absolute atomic E-state index is 14.0. The van der Waals surface area contributed by atoms with Crippen LogP contribution >= 0.6 is 11.6 Å². The van der Waals surface area contributed by atoms with Crippen LogP contribution in [0.15, 0.2) is 36.5 Å². The molecule has 0 radical (unpaired) electrons. The number of hydrogen-bond acceptors (Lipinski definition) is 7. The van der Waals surface area contributed by atoms with Gasteiger partial charge in [-0.15, -0.1) is 0 Å². The van der Waals surface area contributed by atoms with Crippen molar-refractivity contribution >= 4 is 23.3 Å². The maximum Gasteiger partial charge on any atom is 0.319 e. The second-order valence-electron chi connectivity index (χ2n) is 8.81. The summed E-state index contributed by atoms with van der Waals surface area (Å²) in [6, 6.07) is 9.09. The lowest BCUT2D eigenvalue weighted by Gasteiger charge is -2.28. The summed E-state index contributed by atoms with van der Waals surface area (Å²) in [6.45, 7) is 5.99. The molecule has 0 bridgehead atoms. The van der Waals surface area contributed by atoms with Crippen molar-refractivity contribution in [3.63, 3.8) is 0 Å². The van der Waals surface area contributed by atoms with Crippen molar-refractivity contribution in [1.82, 2.24) is 29.3 Å². The summed E-state index contributed by atoms with van der Waals surface area (Å²) in [5, 5.41) is 5.09. The predicted molar refractivity (Wildman–Crippen MR) is 135 cm³/mol. The van der Waals surface area contributed by atoms with Gasteiger partial charge in [-0.25, -0.2) is 9.97 Å². The molecule has 1 amide bonds. The summed E-state index contributed by atoms with van der Waals surface area (Å²) in [5.41, 5.74) is 3.40. The Bertz CT molecular complexity index is 1460. The Morgan fingerprint density at radius 1 is 1.08 bits per heavy atom. The zero-order chi connectivity index (χ0) is 25.7. The number of halogens is 1. The number of aromatic nitrogens is 6. The third-order valence-electron chi connectivity index (χ3n) is 6.16. The molecule has 0 aliphatic carbocycles. The summed E-state index contributed by atoms with van der Waals surface area (Å²) in [7, 11) is 4.84. The van der Waals surface area contributed by atoms with Crippen molar-refractivity contribution in [2.45, 2.75) is 32.9 Å². The van der Waals surface area contributed by atoms with E-state index in [4.69, 9.17) is 26.1 Å². The van der Waals surface area contributed by atoms with Crippen LogP contribution in [0.1, 0.15) is 53.4 Å². The first-order chi connectivity index (χ1) is 17.2. The Balaban J connectivity index is 1.78. The molecular formula is C25H26ClN7O3. The van der Waals surface area contributed by atoms with Gasteiger partial charge in [-0.1, -0.05) is 23.7 Å². The largest absolute Gasteiger partial charge is 0.480 e. The van der Waals surface area contributed by atoms with Crippen LogP contribution in [-0.2, 0) is 7.05 Å². The molecule has 1 aromatic carbocycles. The molecule has 1 unspecified atom stereocenters. The average molecular weight is 508 g/mol. The van der Waals surface area contributed by atoms with Crippen molar-refractivity contribution in [3.05, 3.63) is 64.2 Å². The zero-order valence-corrected chi connectivity index (χ0v) is 21.6. The number of anilines is 1. The van der Waals surface area contributed by atoms with Gasteiger partial charge in [0.2, 0.25) is 5.88 Å². The monoisotopic (exact) mass is 507 g/mol. The van der Waals surface area contributed by atoms with Crippen LogP contribution in [0.4, 0.5) is 5.82 Å². The van der Waals surface area contributed by atoms with E-state index >= 15 is 0 Å². The number of ether oxygens (including phenoxy) is 2. The summed E-state index contributed by atoms with van der Waals surface area (Å²) in [4.78, 5) is 29.2. The molecule has 11 heteroatoms. The highest BCUT2D eigenvalue weighted by Gasteiger charge is 2.46. The number of fused-ring (bicyclic) bond motifs is 1. The van der Waals surface area contributed by atoms with Gasteiger partial charge in [0.15, 0.2) is 5.69 Å². The van der Waals surface area contributed by atoms with Gasteiger partial charge in [-0.05, 0) is 38.5 Å². The third-order valence-corrected chi connectivity index (χ3v) is 6.41. The molecule has 3 aromatic heterocycles. The second-order valence-corrected chi connectivity index (χ2v) is 9.25. The van der Waals surface area contributed by atoms with Crippen molar-refractivity contribution in [2.75, 3.05) is 19.1 Å². The molecule has 36 heavy (non-hydrogen) atoms. The molecule has 5 rings (SSSR count). The van der Waals surface area contributed by atoms with E-state index in [9.17, 15) is 4.79 Å². The molecule has 4 aromatic rings. The molecule has 1 aliphatic rings. The first-order valence-corrected chi connectivity index (χ1v) is 11.8. The highest BCUT2D eigenvalue weighted by Crippen LogP contribution is 2.45. The molecule has 0 spiro atoms. The minimum Gasteiger partial charge on any atom is -0.480 e. The fourth-order valence-electron chi connectivity index (χ4n) is 4.70. The van der Waals surface area contributed by atoms with E-state index in [2.05, 4.69) is 15.1 Å². The molecule has 0 saturated carbocycles. The van der Waals surface area contributed by atoms with Gasteiger partial charge < -0.3 is 14.0 Å². The number of nitrogens with zero attached hydrogens (tertiary/aromatic N) is 7. The fraction of sp³-hybridized carbons (Fsp3) is 0.320. The van der Waals surface area contributed by atoms with Crippen molar-refractivity contribution < 1.29 is 14.3 Å². The molecule has 1 atom stereocenters. The topological polar surface area (TPSA) is 100 Å². The van der Waals surface area contributed by atoms with Crippen LogP contribution in [0.3, 0.4) is 0 Å². The van der Waals surface area contributed by atoms with Gasteiger partial charge in [0.05, 0.1) is 31.2 Å². The standard InChI is InChI=1S/C25H26ClN7O3/c1-13(2)32-21-19(28-22(32)17-12-27-25(36-6)29-23(17)35-5)24(34)33(18-11-14(3)30-31(18)4)20(21)15-7-9-16(26)10-8-15/h7-13,20H,1-6H3. The van der Waals surface area contributed by atoms with E-state index in [1.54, 1.807) is 15.8 Å². The van der Waals surface area contributed by atoms with Crippen LogP contribution in [-0.4, -0.2) is 49.4 Å². The molecule has 0 fully saturated rings. The number of hydrogen-bond donors (Lipinski definition) is 0. The number of aryl methyl sites for hydroxylation is 2. The zero-order valence-electron chi connectivity index (χ0n) is 20.9. The van der Waals surface area contributed by atoms with Gasteiger partial charge >= 0.3 is 6.01 Å². The first kappa shape index (κ1) is 23.8. The lowest BCUT2D eigenvalue weighted by molar-refractivity contribution is 0.0988. The SMILES string of the molecule is COc1ncc(-c2nc3c(n2C(C)C)C(c2ccc(Cl)cc2)N(c2cc(C)nn2C)C3=O)c(OC)n1. The summed E-state index contributed by atoms with van der Waals surface area (Å²) in [5.74, 6) is 1.31. The summed E-state index contributed by atoms with van der Waals surface area (Å²) < 4.78 is 14.4. The van der Waals surface area contributed by atoms with E-state index in [-0.39, 0.29) is 18.0 Å². The van der Waals surface area contributed by atoms with Crippen molar-refractivity contribution in [1.29, 1.82) is 0 Å². The van der Waals surface area contributed by atoms with Crippen LogP contribution in [0.5, 0.6) is 11.9 Å². The first-order valence-electron chi connectivity index (χ1n) is 11.4. The van der Waals surface area contributed by atoms with E-state index in [1.807, 2.05) is 62.7 Å². The average Bonchev–Trinajstić information content (AvgIpc) is 3.49. The summed E-state index contributed by atoms with van der Waals surface area (Å²) in [6.07, 6.45) is 1.60. The highest BCUT2D eigenvalue weighted by atomic mass is 35.5. The minimum absolute atomic E-state index is 0.0427. The lowest BCUT2D eigenvalue weighted by atomic mass is 10.0. The van der Waals surface area contributed by atoms with Gasteiger partial charge in [0.1, 0.15) is 17.7 Å². The van der Waals surface area contributed by atoms with Gasteiger partial charge in [0, 0.05) is 30.4 Å². The molecular weight excluding hydrogens is 482 g/mol. The van der Waals surface area contributed by atoms with Crippen LogP contribution in [0.25, 0.3) is 11.4 Å². The van der Waals surface area contributed by atoms with Crippen molar-refractivity contribution in [2.24, 2.45) is 7.05 Å². The number of amides is 1. The Hall–Kier alpha value is -3.92. The molecule has 186 valence electrons. The Labute approximate surface area is 213 Å². The number of benzene rings is 1. The number of carbonyl (C=O) groups is 1. The molecule has 0 saturated heterocycles. The Kier molecular flexibility index (Phi) is 5.91. The normalized spacial score (nSPS) is 15.1. The predicted octanol–water partition coefficient (Wildman–Crippen LogP) is 4.38. The molecule has 0 N–H and O–H groups in total. The highest BCUT2D eigenvalue weighted by molar-refractivity contribution is 6.30. The van der Waals surface area contributed by atoms with Crippen LogP contribution < -0.4 is 14.4 Å². The smallest absolute Gasteiger partial charge is 0.319 e. The second kappa shape index (κ2) is 8.94. The van der Waals surface area contributed by atoms with Crippen LogP contribution in [0, 0.1) is 6.92 Å². The number of rotatable bonds is 6. The third kappa shape index (κ3) is 3.69. The van der Waals surface area contributed by atoms with E-state index < -0.39 is 6.04 Å².